The quantitative estimate of drug-likeness (QED) is 0.0320. The first-order valence-corrected chi connectivity index (χ1v) is 37.9. The number of aliphatic hydroxyl groups excluding tert-OH is 2. The maximum absolute atomic E-state index is 12.5. The number of allylic oxidation sites excluding steroid dienone is 8. The number of hydrogen-bond acceptors (Lipinski definition) is 5. The van der Waals surface area contributed by atoms with Crippen molar-refractivity contribution in [2.45, 2.75) is 424 Å². The Hall–Kier alpha value is -2.18. The molecule has 0 rings (SSSR count). The van der Waals surface area contributed by atoms with Gasteiger partial charge in [0, 0.05) is 12.8 Å². The highest BCUT2D eigenvalue weighted by molar-refractivity contribution is 5.76. The van der Waals surface area contributed by atoms with Crippen molar-refractivity contribution in [1.82, 2.24) is 5.32 Å². The minimum absolute atomic E-state index is 0.00156. The molecule has 84 heavy (non-hydrogen) atoms. The average molecular weight is 1180 g/mol. The topological polar surface area (TPSA) is 95.9 Å². The molecule has 1 amide bonds. The lowest BCUT2D eigenvalue weighted by Gasteiger charge is -2.22. The monoisotopic (exact) mass is 1180 g/mol. The maximum Gasteiger partial charge on any atom is 0.305 e. The molecule has 0 aromatic rings. The molecule has 0 aliphatic carbocycles. The maximum atomic E-state index is 12.5. The Bertz CT molecular complexity index is 1400. The first-order valence-electron chi connectivity index (χ1n) is 37.9. The molecule has 494 valence electrons. The van der Waals surface area contributed by atoms with Crippen LogP contribution in [0.5, 0.6) is 0 Å². The molecule has 0 bridgehead atoms. The molecule has 0 heterocycles. The van der Waals surface area contributed by atoms with Gasteiger partial charge in [-0.3, -0.25) is 9.59 Å². The summed E-state index contributed by atoms with van der Waals surface area (Å²) in [7, 11) is 0. The van der Waals surface area contributed by atoms with Gasteiger partial charge in [0.2, 0.25) is 5.91 Å². The molecule has 2 atom stereocenters. The van der Waals surface area contributed by atoms with Crippen LogP contribution in [-0.2, 0) is 14.3 Å². The summed E-state index contributed by atoms with van der Waals surface area (Å²) in [5.74, 6) is -0.0272. The van der Waals surface area contributed by atoms with Gasteiger partial charge in [0.05, 0.1) is 25.4 Å². The number of unbranched alkanes of at least 4 members (excludes halogenated alkanes) is 52. The van der Waals surface area contributed by atoms with E-state index in [0.717, 1.165) is 57.8 Å². The van der Waals surface area contributed by atoms with Gasteiger partial charge in [0.25, 0.3) is 0 Å². The van der Waals surface area contributed by atoms with Crippen LogP contribution >= 0.6 is 0 Å². The predicted molar refractivity (Wildman–Crippen MR) is 370 cm³/mol. The van der Waals surface area contributed by atoms with Crippen LogP contribution in [0, 0.1) is 0 Å². The summed E-state index contributed by atoms with van der Waals surface area (Å²) in [6.07, 6.45) is 96.2. The highest BCUT2D eigenvalue weighted by atomic mass is 16.5. The summed E-state index contributed by atoms with van der Waals surface area (Å²) in [6.45, 7) is 4.92. The smallest absolute Gasteiger partial charge is 0.305 e. The third-order valence-corrected chi connectivity index (χ3v) is 17.6. The van der Waals surface area contributed by atoms with E-state index in [1.54, 1.807) is 0 Å². The number of amides is 1. The highest BCUT2D eigenvalue weighted by Crippen LogP contribution is 2.19. The van der Waals surface area contributed by atoms with E-state index in [9.17, 15) is 19.8 Å². The molecule has 0 aliphatic heterocycles. The Labute approximate surface area is 525 Å². The van der Waals surface area contributed by atoms with E-state index in [0.29, 0.717) is 25.9 Å². The van der Waals surface area contributed by atoms with Gasteiger partial charge in [-0.1, -0.05) is 364 Å². The van der Waals surface area contributed by atoms with Gasteiger partial charge < -0.3 is 20.3 Å². The third kappa shape index (κ3) is 68.9. The van der Waals surface area contributed by atoms with Crippen molar-refractivity contribution in [1.29, 1.82) is 0 Å². The van der Waals surface area contributed by atoms with Crippen LogP contribution in [0.15, 0.2) is 48.6 Å². The van der Waals surface area contributed by atoms with E-state index in [-0.39, 0.29) is 18.5 Å². The number of esters is 1. The fourth-order valence-corrected chi connectivity index (χ4v) is 11.8. The Morgan fingerprint density at radius 2 is 0.619 bits per heavy atom. The number of ether oxygens (including phenoxy) is 1. The van der Waals surface area contributed by atoms with Gasteiger partial charge >= 0.3 is 5.97 Å². The molecule has 0 radical (unpaired) electrons. The fraction of sp³-hybridized carbons (Fsp3) is 0.872. The van der Waals surface area contributed by atoms with Gasteiger partial charge in [-0.05, 0) is 83.5 Å². The van der Waals surface area contributed by atoms with Crippen LogP contribution in [-0.4, -0.2) is 47.4 Å². The van der Waals surface area contributed by atoms with Gasteiger partial charge in [0.1, 0.15) is 0 Å². The lowest BCUT2D eigenvalue weighted by molar-refractivity contribution is -0.143. The lowest BCUT2D eigenvalue weighted by atomic mass is 10.0. The molecule has 3 N–H and O–H groups in total. The SMILES string of the molecule is CCC/C=C\C/C=C\CCCCCCCC(=O)OCCCCCCCCCCCCC/C=C\C/C=C\CCCCCCCCCCCCCCCCCCCC(=O)NC(CO)C(O)CCCCCCCCCCCCCCCCCCCCC. The van der Waals surface area contributed by atoms with Crippen LogP contribution in [0.1, 0.15) is 412 Å². The van der Waals surface area contributed by atoms with Crippen LogP contribution in [0.25, 0.3) is 0 Å². The molecule has 0 saturated carbocycles. The minimum atomic E-state index is -0.664. The predicted octanol–water partition coefficient (Wildman–Crippen LogP) is 24.8. The van der Waals surface area contributed by atoms with Crippen molar-refractivity contribution in [3.05, 3.63) is 48.6 Å². The van der Waals surface area contributed by atoms with Crippen LogP contribution < -0.4 is 5.32 Å². The zero-order chi connectivity index (χ0) is 60.6. The molecule has 0 aromatic heterocycles. The molecule has 0 fully saturated rings. The average Bonchev–Trinajstić information content (AvgIpc) is 3.51. The molecule has 0 saturated heterocycles. The van der Waals surface area contributed by atoms with Crippen molar-refractivity contribution in [3.63, 3.8) is 0 Å². The Morgan fingerprint density at radius 1 is 0.333 bits per heavy atom. The summed E-state index contributed by atoms with van der Waals surface area (Å²) in [5, 5.41) is 23.4. The molecular weight excluding hydrogens is 1030 g/mol. The van der Waals surface area contributed by atoms with Crippen molar-refractivity contribution < 1.29 is 24.5 Å². The number of aliphatic hydroxyl groups is 2. The Kier molecular flexibility index (Phi) is 71.4. The standard InChI is InChI=1S/C78H147NO5/c1-3-5-7-9-11-13-15-17-18-19-37-40-43-47-50-54-58-62-66-70-76(81)75(74-80)79-77(82)71-67-63-59-55-51-48-44-41-38-35-33-31-29-27-25-23-21-20-22-24-26-28-30-32-34-36-39-42-45-49-53-57-61-65-69-73-84-78(83)72-68-64-60-56-52-46-16-14-12-10-8-6-4-2/h8,10,14,16,22,24,28,30,75-76,80-81H,3-7,9,11-13,15,17-21,23,25-27,29,31-74H2,1-2H3,(H,79,82)/b10-8-,16-14-,24-22-,30-28-. The van der Waals surface area contributed by atoms with Gasteiger partial charge in [-0.15, -0.1) is 0 Å². The van der Waals surface area contributed by atoms with Gasteiger partial charge in [0.15, 0.2) is 0 Å². The van der Waals surface area contributed by atoms with Crippen LogP contribution in [0.4, 0.5) is 0 Å². The zero-order valence-electron chi connectivity index (χ0n) is 56.6. The summed E-state index contributed by atoms with van der Waals surface area (Å²) in [4.78, 5) is 24.6. The normalized spacial score (nSPS) is 12.8. The second-order valence-electron chi connectivity index (χ2n) is 26.0. The van der Waals surface area contributed by atoms with Crippen molar-refractivity contribution in [2.75, 3.05) is 13.2 Å². The highest BCUT2D eigenvalue weighted by Gasteiger charge is 2.20. The van der Waals surface area contributed by atoms with E-state index >= 15 is 0 Å². The fourth-order valence-electron chi connectivity index (χ4n) is 11.8. The first-order chi connectivity index (χ1) is 41.5. The lowest BCUT2D eigenvalue weighted by Crippen LogP contribution is -2.45. The molecular formula is C78H147NO5. The number of carbonyl (C=O) groups is 2. The van der Waals surface area contributed by atoms with Crippen LogP contribution in [0.3, 0.4) is 0 Å². The van der Waals surface area contributed by atoms with Gasteiger partial charge in [-0.2, -0.15) is 0 Å². The van der Waals surface area contributed by atoms with E-state index in [1.165, 1.54) is 321 Å². The number of hydrogen-bond donors (Lipinski definition) is 3. The van der Waals surface area contributed by atoms with Gasteiger partial charge in [-0.25, -0.2) is 0 Å². The molecule has 6 heteroatoms. The first kappa shape index (κ1) is 81.8. The van der Waals surface area contributed by atoms with E-state index in [1.807, 2.05) is 0 Å². The summed E-state index contributed by atoms with van der Waals surface area (Å²) >= 11 is 0. The number of rotatable bonds is 71. The molecule has 0 aliphatic rings. The molecule has 0 spiro atoms. The third-order valence-electron chi connectivity index (χ3n) is 17.6. The number of carbonyl (C=O) groups excluding carboxylic acids is 2. The van der Waals surface area contributed by atoms with E-state index < -0.39 is 12.1 Å². The Balaban J connectivity index is 3.38. The van der Waals surface area contributed by atoms with Crippen molar-refractivity contribution >= 4 is 11.9 Å². The zero-order valence-corrected chi connectivity index (χ0v) is 56.6. The van der Waals surface area contributed by atoms with Crippen molar-refractivity contribution in [3.8, 4) is 0 Å². The summed E-state index contributed by atoms with van der Waals surface area (Å²) in [6, 6.07) is -0.541. The summed E-state index contributed by atoms with van der Waals surface area (Å²) < 4.78 is 5.48. The van der Waals surface area contributed by atoms with Crippen molar-refractivity contribution in [2.24, 2.45) is 0 Å². The van der Waals surface area contributed by atoms with E-state index in [2.05, 4.69) is 67.8 Å². The second-order valence-corrected chi connectivity index (χ2v) is 26.0. The second kappa shape index (κ2) is 73.3. The molecule has 0 aromatic carbocycles. The van der Waals surface area contributed by atoms with E-state index in [4.69, 9.17) is 4.74 Å². The largest absolute Gasteiger partial charge is 0.466 e. The summed E-state index contributed by atoms with van der Waals surface area (Å²) in [5.41, 5.74) is 0. The Morgan fingerprint density at radius 3 is 0.952 bits per heavy atom. The van der Waals surface area contributed by atoms with Crippen LogP contribution in [0.2, 0.25) is 0 Å². The number of nitrogens with one attached hydrogen (secondary N) is 1. The molecule has 2 unspecified atom stereocenters. The molecule has 6 nitrogen and oxygen atoms in total. The minimum Gasteiger partial charge on any atom is -0.466 e.